The van der Waals surface area contributed by atoms with Gasteiger partial charge in [0.25, 0.3) is 0 Å². The lowest BCUT2D eigenvalue weighted by atomic mass is 10.1. The highest BCUT2D eigenvalue weighted by Crippen LogP contribution is 2.27. The SMILES string of the molecule is O=C(Cc1cc(Cl)ccc1N1CCCC1)NCCc1ccc(C(=O)O)cc1. The van der Waals surface area contributed by atoms with Crippen LogP contribution in [0.2, 0.25) is 5.02 Å². The minimum absolute atomic E-state index is 0.0418. The van der Waals surface area contributed by atoms with Crippen molar-refractivity contribution in [2.75, 3.05) is 24.5 Å². The minimum Gasteiger partial charge on any atom is -0.478 e. The van der Waals surface area contributed by atoms with Crippen LogP contribution in [0.25, 0.3) is 0 Å². The fourth-order valence-electron chi connectivity index (χ4n) is 3.36. The van der Waals surface area contributed by atoms with E-state index >= 15 is 0 Å². The molecule has 0 radical (unpaired) electrons. The molecule has 0 spiro atoms. The largest absolute Gasteiger partial charge is 0.478 e. The summed E-state index contributed by atoms with van der Waals surface area (Å²) in [5, 5.41) is 12.5. The number of hydrogen-bond donors (Lipinski definition) is 2. The van der Waals surface area contributed by atoms with Crippen LogP contribution in [0.15, 0.2) is 42.5 Å². The van der Waals surface area contributed by atoms with Crippen molar-refractivity contribution in [1.82, 2.24) is 5.32 Å². The second kappa shape index (κ2) is 8.91. The van der Waals surface area contributed by atoms with Crippen molar-refractivity contribution in [2.24, 2.45) is 0 Å². The first kappa shape index (κ1) is 19.2. The summed E-state index contributed by atoms with van der Waals surface area (Å²) in [6.45, 7) is 2.54. The van der Waals surface area contributed by atoms with Gasteiger partial charge in [0.2, 0.25) is 5.91 Å². The van der Waals surface area contributed by atoms with Crippen LogP contribution in [-0.2, 0) is 17.6 Å². The Morgan fingerprint density at radius 1 is 1.07 bits per heavy atom. The van der Waals surface area contributed by atoms with Crippen LogP contribution in [0.1, 0.15) is 34.3 Å². The maximum atomic E-state index is 12.4. The molecule has 27 heavy (non-hydrogen) atoms. The first-order valence-electron chi connectivity index (χ1n) is 9.15. The third-order valence-electron chi connectivity index (χ3n) is 4.78. The molecule has 1 fully saturated rings. The molecule has 1 aliphatic heterocycles. The zero-order valence-electron chi connectivity index (χ0n) is 15.1. The first-order valence-corrected chi connectivity index (χ1v) is 9.53. The molecule has 0 bridgehead atoms. The Hall–Kier alpha value is -2.53. The lowest BCUT2D eigenvalue weighted by Gasteiger charge is -2.21. The molecule has 0 atom stereocenters. The number of nitrogens with zero attached hydrogens (tertiary/aromatic N) is 1. The quantitative estimate of drug-likeness (QED) is 0.763. The van der Waals surface area contributed by atoms with E-state index in [0.29, 0.717) is 24.4 Å². The Morgan fingerprint density at radius 3 is 2.44 bits per heavy atom. The predicted molar refractivity (Wildman–Crippen MR) is 107 cm³/mol. The number of rotatable bonds is 7. The molecule has 3 rings (SSSR count). The summed E-state index contributed by atoms with van der Waals surface area (Å²) >= 11 is 6.13. The van der Waals surface area contributed by atoms with E-state index in [1.807, 2.05) is 18.2 Å². The average Bonchev–Trinajstić information content (AvgIpc) is 3.16. The van der Waals surface area contributed by atoms with E-state index in [2.05, 4.69) is 10.2 Å². The molecular formula is C21H23ClN2O3. The molecule has 0 aromatic heterocycles. The topological polar surface area (TPSA) is 69.6 Å². The fourth-order valence-corrected chi connectivity index (χ4v) is 3.55. The molecule has 1 saturated heterocycles. The number of anilines is 1. The third-order valence-corrected chi connectivity index (χ3v) is 5.01. The van der Waals surface area contributed by atoms with Crippen LogP contribution in [0.4, 0.5) is 5.69 Å². The maximum Gasteiger partial charge on any atom is 0.335 e. The van der Waals surface area contributed by atoms with Crippen molar-refractivity contribution < 1.29 is 14.7 Å². The van der Waals surface area contributed by atoms with Gasteiger partial charge in [0.1, 0.15) is 0 Å². The van der Waals surface area contributed by atoms with Gasteiger partial charge in [-0.1, -0.05) is 23.7 Å². The van der Waals surface area contributed by atoms with Crippen molar-refractivity contribution in [3.63, 3.8) is 0 Å². The van der Waals surface area contributed by atoms with E-state index in [1.165, 1.54) is 12.8 Å². The predicted octanol–water partition coefficient (Wildman–Crippen LogP) is 3.54. The van der Waals surface area contributed by atoms with E-state index in [0.717, 1.165) is 29.9 Å². The molecule has 0 unspecified atom stereocenters. The van der Waals surface area contributed by atoms with Crippen LogP contribution in [0.5, 0.6) is 0 Å². The molecule has 142 valence electrons. The molecular weight excluding hydrogens is 364 g/mol. The average molecular weight is 387 g/mol. The highest BCUT2D eigenvalue weighted by molar-refractivity contribution is 6.30. The van der Waals surface area contributed by atoms with Crippen molar-refractivity contribution >= 4 is 29.2 Å². The Kier molecular flexibility index (Phi) is 6.35. The number of hydrogen-bond acceptors (Lipinski definition) is 3. The second-order valence-electron chi connectivity index (χ2n) is 6.75. The van der Waals surface area contributed by atoms with Gasteiger partial charge in [0.15, 0.2) is 0 Å². The number of aromatic carboxylic acids is 1. The number of benzene rings is 2. The Balaban J connectivity index is 1.54. The smallest absolute Gasteiger partial charge is 0.335 e. The number of nitrogens with one attached hydrogen (secondary N) is 1. The number of carbonyl (C=O) groups is 2. The Bertz CT molecular complexity index is 815. The number of carboxylic acids is 1. The number of carboxylic acid groups (broad SMARTS) is 1. The van der Waals surface area contributed by atoms with Gasteiger partial charge in [0.05, 0.1) is 12.0 Å². The summed E-state index contributed by atoms with van der Waals surface area (Å²) in [5.41, 5.74) is 3.29. The van der Waals surface area contributed by atoms with Gasteiger partial charge in [0, 0.05) is 30.3 Å². The van der Waals surface area contributed by atoms with Crippen LogP contribution in [0.3, 0.4) is 0 Å². The second-order valence-corrected chi connectivity index (χ2v) is 7.18. The lowest BCUT2D eigenvalue weighted by molar-refractivity contribution is -0.120. The summed E-state index contributed by atoms with van der Waals surface area (Å²) in [7, 11) is 0. The highest BCUT2D eigenvalue weighted by Gasteiger charge is 2.17. The van der Waals surface area contributed by atoms with Crippen molar-refractivity contribution in [1.29, 1.82) is 0 Å². The van der Waals surface area contributed by atoms with E-state index < -0.39 is 5.97 Å². The molecule has 2 N–H and O–H groups in total. The summed E-state index contributed by atoms with van der Waals surface area (Å²) in [6.07, 6.45) is 3.30. The lowest BCUT2D eigenvalue weighted by Crippen LogP contribution is -2.28. The molecule has 0 saturated carbocycles. The van der Waals surface area contributed by atoms with Crippen molar-refractivity contribution in [2.45, 2.75) is 25.7 Å². The van der Waals surface area contributed by atoms with Gasteiger partial charge in [-0.3, -0.25) is 4.79 Å². The van der Waals surface area contributed by atoms with Crippen LogP contribution >= 0.6 is 11.6 Å². The van der Waals surface area contributed by atoms with Crippen molar-refractivity contribution in [3.8, 4) is 0 Å². The van der Waals surface area contributed by atoms with Crippen molar-refractivity contribution in [3.05, 3.63) is 64.2 Å². The summed E-state index contributed by atoms with van der Waals surface area (Å²) in [6, 6.07) is 12.5. The minimum atomic E-state index is -0.940. The van der Waals surface area contributed by atoms with Gasteiger partial charge in [-0.25, -0.2) is 4.79 Å². The molecule has 1 aliphatic rings. The monoisotopic (exact) mass is 386 g/mol. The molecule has 1 amide bonds. The first-order chi connectivity index (χ1) is 13.0. The number of amides is 1. The van der Waals surface area contributed by atoms with Gasteiger partial charge in [-0.05, 0) is 60.7 Å². The molecule has 2 aromatic carbocycles. The molecule has 1 heterocycles. The standard InChI is InChI=1S/C21H23ClN2O3/c22-18-7-8-19(24-11-1-2-12-24)17(13-18)14-20(25)23-10-9-15-3-5-16(6-4-15)21(26)27/h3-8,13H,1-2,9-12,14H2,(H,23,25)(H,26,27). The van der Waals surface area contributed by atoms with Gasteiger partial charge < -0.3 is 15.3 Å². The molecule has 5 nitrogen and oxygen atoms in total. The number of carbonyl (C=O) groups excluding carboxylic acids is 1. The van der Waals surface area contributed by atoms with Crippen LogP contribution in [0, 0.1) is 0 Å². The zero-order chi connectivity index (χ0) is 19.2. The molecule has 6 heteroatoms. The third kappa shape index (κ3) is 5.23. The zero-order valence-corrected chi connectivity index (χ0v) is 15.8. The van der Waals surface area contributed by atoms with Gasteiger partial charge >= 0.3 is 5.97 Å². The maximum absolute atomic E-state index is 12.4. The Morgan fingerprint density at radius 2 is 1.78 bits per heavy atom. The number of halogens is 1. The summed E-state index contributed by atoms with van der Waals surface area (Å²) < 4.78 is 0. The molecule has 0 aliphatic carbocycles. The molecule has 2 aromatic rings. The van der Waals surface area contributed by atoms with E-state index in [9.17, 15) is 9.59 Å². The Labute approximate surface area is 163 Å². The summed E-state index contributed by atoms with van der Waals surface area (Å²) in [4.78, 5) is 25.5. The normalized spacial score (nSPS) is 13.6. The van der Waals surface area contributed by atoms with E-state index in [-0.39, 0.29) is 11.5 Å². The van der Waals surface area contributed by atoms with Crippen LogP contribution in [-0.4, -0.2) is 36.6 Å². The van der Waals surface area contributed by atoms with Crippen LogP contribution < -0.4 is 10.2 Å². The van der Waals surface area contributed by atoms with Gasteiger partial charge in [-0.2, -0.15) is 0 Å². The fraction of sp³-hybridized carbons (Fsp3) is 0.333. The van der Waals surface area contributed by atoms with E-state index in [1.54, 1.807) is 24.3 Å². The summed E-state index contributed by atoms with van der Waals surface area (Å²) in [5.74, 6) is -0.981. The van der Waals surface area contributed by atoms with E-state index in [4.69, 9.17) is 16.7 Å². The van der Waals surface area contributed by atoms with Gasteiger partial charge in [-0.15, -0.1) is 0 Å². The highest BCUT2D eigenvalue weighted by atomic mass is 35.5.